The van der Waals surface area contributed by atoms with Crippen LogP contribution < -0.4 is 14.4 Å². The summed E-state index contributed by atoms with van der Waals surface area (Å²) in [6.07, 6.45) is 0.747. The van der Waals surface area contributed by atoms with Crippen LogP contribution in [0.4, 0.5) is 5.69 Å². The number of nitrogens with one attached hydrogen (secondary N) is 1. The van der Waals surface area contributed by atoms with E-state index >= 15 is 0 Å². The van der Waals surface area contributed by atoms with Gasteiger partial charge in [-0.2, -0.15) is 0 Å². The standard InChI is InChI=1S/C28H32BrN3O5S/c1-4-17-30-28(34)21(2)31(19-22-13-15-25(37-3)16-14-22)27(33)20-32(24-10-8-9-23(29)18-24)38(35,36)26-11-6-5-7-12-26/h5-16,18,21H,4,17,19-20H2,1-3H3,(H,30,34)/t21-/m1/s1. The van der Waals surface area contributed by atoms with Gasteiger partial charge in [0, 0.05) is 17.6 Å². The summed E-state index contributed by atoms with van der Waals surface area (Å²) >= 11 is 3.39. The molecular weight excluding hydrogens is 570 g/mol. The lowest BCUT2D eigenvalue weighted by atomic mass is 10.1. The number of hydrogen-bond donors (Lipinski definition) is 1. The average molecular weight is 603 g/mol. The minimum Gasteiger partial charge on any atom is -0.497 e. The molecule has 0 bridgehead atoms. The Labute approximate surface area is 232 Å². The highest BCUT2D eigenvalue weighted by Gasteiger charge is 2.32. The molecule has 202 valence electrons. The van der Waals surface area contributed by atoms with E-state index in [2.05, 4.69) is 21.2 Å². The zero-order valence-electron chi connectivity index (χ0n) is 21.6. The summed E-state index contributed by atoms with van der Waals surface area (Å²) in [6, 6.07) is 21.0. The molecule has 0 aliphatic rings. The van der Waals surface area contributed by atoms with Crippen molar-refractivity contribution in [3.8, 4) is 5.75 Å². The lowest BCUT2D eigenvalue weighted by molar-refractivity contribution is -0.139. The second-order valence-electron chi connectivity index (χ2n) is 8.64. The van der Waals surface area contributed by atoms with E-state index in [1.165, 1.54) is 17.0 Å². The number of benzene rings is 3. The van der Waals surface area contributed by atoms with E-state index in [1.807, 2.05) is 19.1 Å². The fraction of sp³-hybridized carbons (Fsp3) is 0.286. The molecule has 38 heavy (non-hydrogen) atoms. The second kappa shape index (κ2) is 13.4. The number of anilines is 1. The molecule has 0 aliphatic carbocycles. The number of methoxy groups -OCH3 is 1. The predicted molar refractivity (Wildman–Crippen MR) is 151 cm³/mol. The molecule has 3 rings (SSSR count). The maximum atomic E-state index is 13.8. The quantitative estimate of drug-likeness (QED) is 0.327. The molecule has 0 saturated heterocycles. The molecule has 1 N–H and O–H groups in total. The van der Waals surface area contributed by atoms with Crippen LogP contribution in [-0.2, 0) is 26.2 Å². The second-order valence-corrected chi connectivity index (χ2v) is 11.4. The van der Waals surface area contributed by atoms with Crippen LogP contribution in [-0.4, -0.2) is 51.4 Å². The summed E-state index contributed by atoms with van der Waals surface area (Å²) < 4.78 is 34.4. The number of hydrogen-bond acceptors (Lipinski definition) is 5. The third-order valence-electron chi connectivity index (χ3n) is 5.93. The lowest BCUT2D eigenvalue weighted by Crippen LogP contribution is -2.51. The van der Waals surface area contributed by atoms with Gasteiger partial charge in [0.15, 0.2) is 0 Å². The van der Waals surface area contributed by atoms with E-state index in [0.717, 1.165) is 16.3 Å². The molecule has 0 radical (unpaired) electrons. The Balaban J connectivity index is 2.00. The van der Waals surface area contributed by atoms with Crippen molar-refractivity contribution >= 4 is 43.5 Å². The first-order chi connectivity index (χ1) is 18.2. The van der Waals surface area contributed by atoms with E-state index in [-0.39, 0.29) is 17.3 Å². The van der Waals surface area contributed by atoms with Crippen LogP contribution in [0.2, 0.25) is 0 Å². The smallest absolute Gasteiger partial charge is 0.264 e. The van der Waals surface area contributed by atoms with Gasteiger partial charge < -0.3 is 15.0 Å². The Hall–Kier alpha value is -3.37. The van der Waals surface area contributed by atoms with Crippen LogP contribution in [0.5, 0.6) is 5.75 Å². The van der Waals surface area contributed by atoms with Crippen molar-refractivity contribution < 1.29 is 22.7 Å². The SMILES string of the molecule is CCCNC(=O)[C@@H](C)N(Cc1ccc(OC)cc1)C(=O)CN(c1cccc(Br)c1)S(=O)(=O)c1ccccc1. The van der Waals surface area contributed by atoms with Crippen LogP contribution in [0, 0.1) is 0 Å². The Morgan fingerprint density at radius 2 is 1.68 bits per heavy atom. The highest BCUT2D eigenvalue weighted by molar-refractivity contribution is 9.10. The molecule has 0 aliphatic heterocycles. The Morgan fingerprint density at radius 3 is 2.29 bits per heavy atom. The monoisotopic (exact) mass is 601 g/mol. The fourth-order valence-electron chi connectivity index (χ4n) is 3.79. The van der Waals surface area contributed by atoms with Gasteiger partial charge in [-0.25, -0.2) is 8.42 Å². The zero-order valence-corrected chi connectivity index (χ0v) is 24.0. The number of nitrogens with zero attached hydrogens (tertiary/aromatic N) is 2. The summed E-state index contributed by atoms with van der Waals surface area (Å²) in [6.45, 7) is 3.67. The largest absolute Gasteiger partial charge is 0.497 e. The third kappa shape index (κ3) is 7.35. The topological polar surface area (TPSA) is 96.0 Å². The van der Waals surface area contributed by atoms with Crippen molar-refractivity contribution in [3.63, 3.8) is 0 Å². The summed E-state index contributed by atoms with van der Waals surface area (Å²) in [7, 11) is -2.53. The van der Waals surface area contributed by atoms with Crippen molar-refractivity contribution in [2.75, 3.05) is 24.5 Å². The van der Waals surface area contributed by atoms with Crippen molar-refractivity contribution in [2.45, 2.75) is 37.8 Å². The molecule has 0 heterocycles. The van der Waals surface area contributed by atoms with Gasteiger partial charge in [-0.1, -0.05) is 59.3 Å². The Kier molecular flexibility index (Phi) is 10.3. The average Bonchev–Trinajstić information content (AvgIpc) is 2.93. The van der Waals surface area contributed by atoms with Crippen LogP contribution in [0.25, 0.3) is 0 Å². The molecule has 0 aromatic heterocycles. The number of carbonyl (C=O) groups is 2. The van der Waals surface area contributed by atoms with E-state index < -0.39 is 28.5 Å². The molecule has 3 aromatic carbocycles. The Bertz CT molecular complexity index is 1330. The summed E-state index contributed by atoms with van der Waals surface area (Å²) in [5, 5.41) is 2.83. The molecule has 1 atom stereocenters. The van der Waals surface area contributed by atoms with Gasteiger partial charge in [0.05, 0.1) is 17.7 Å². The number of rotatable bonds is 12. The molecule has 0 unspecified atom stereocenters. The summed E-state index contributed by atoms with van der Waals surface area (Å²) in [5.74, 6) is -0.164. The minimum atomic E-state index is -4.09. The van der Waals surface area contributed by atoms with Gasteiger partial charge in [0.25, 0.3) is 10.0 Å². The van der Waals surface area contributed by atoms with Gasteiger partial charge in [0.1, 0.15) is 18.3 Å². The molecule has 2 amide bonds. The number of carbonyl (C=O) groups excluding carboxylic acids is 2. The predicted octanol–water partition coefficient (Wildman–Crippen LogP) is 4.60. The van der Waals surface area contributed by atoms with Gasteiger partial charge in [-0.15, -0.1) is 0 Å². The van der Waals surface area contributed by atoms with Gasteiger partial charge in [-0.05, 0) is 61.4 Å². The first-order valence-corrected chi connectivity index (χ1v) is 14.4. The van der Waals surface area contributed by atoms with Crippen molar-refractivity contribution in [1.82, 2.24) is 10.2 Å². The summed E-state index contributed by atoms with van der Waals surface area (Å²) in [5.41, 5.74) is 1.10. The molecule has 8 nitrogen and oxygen atoms in total. The van der Waals surface area contributed by atoms with Gasteiger partial charge >= 0.3 is 0 Å². The maximum absolute atomic E-state index is 13.8. The molecule has 3 aromatic rings. The zero-order chi connectivity index (χ0) is 27.7. The Morgan fingerprint density at radius 1 is 1.00 bits per heavy atom. The lowest BCUT2D eigenvalue weighted by Gasteiger charge is -2.32. The number of sulfonamides is 1. The molecule has 10 heteroatoms. The van der Waals surface area contributed by atoms with Crippen LogP contribution >= 0.6 is 15.9 Å². The molecule has 0 saturated carbocycles. The third-order valence-corrected chi connectivity index (χ3v) is 8.22. The minimum absolute atomic E-state index is 0.0585. The molecule has 0 spiro atoms. The van der Waals surface area contributed by atoms with Crippen molar-refractivity contribution in [3.05, 3.63) is 88.9 Å². The van der Waals surface area contributed by atoms with Crippen LogP contribution in [0.15, 0.2) is 88.2 Å². The van der Waals surface area contributed by atoms with E-state index in [4.69, 9.17) is 4.74 Å². The van der Waals surface area contributed by atoms with Gasteiger partial charge in [-0.3, -0.25) is 13.9 Å². The van der Waals surface area contributed by atoms with E-state index in [9.17, 15) is 18.0 Å². The number of ether oxygens (including phenoxy) is 1. The van der Waals surface area contributed by atoms with E-state index in [0.29, 0.717) is 22.5 Å². The number of amides is 2. The molecular formula is C28H32BrN3O5S. The van der Waals surface area contributed by atoms with Crippen LogP contribution in [0.3, 0.4) is 0 Å². The highest BCUT2D eigenvalue weighted by Crippen LogP contribution is 2.27. The van der Waals surface area contributed by atoms with E-state index in [1.54, 1.807) is 68.6 Å². The first-order valence-electron chi connectivity index (χ1n) is 12.2. The van der Waals surface area contributed by atoms with Crippen molar-refractivity contribution in [2.24, 2.45) is 0 Å². The molecule has 0 fully saturated rings. The fourth-order valence-corrected chi connectivity index (χ4v) is 5.60. The normalized spacial score (nSPS) is 11.9. The van der Waals surface area contributed by atoms with Gasteiger partial charge in [0.2, 0.25) is 11.8 Å². The maximum Gasteiger partial charge on any atom is 0.264 e. The highest BCUT2D eigenvalue weighted by atomic mass is 79.9. The van der Waals surface area contributed by atoms with Crippen LogP contribution in [0.1, 0.15) is 25.8 Å². The summed E-state index contributed by atoms with van der Waals surface area (Å²) in [4.78, 5) is 28.2. The van der Waals surface area contributed by atoms with Crippen molar-refractivity contribution in [1.29, 1.82) is 0 Å². The number of halogens is 1. The first kappa shape index (κ1) is 29.2.